The van der Waals surface area contributed by atoms with Crippen molar-refractivity contribution in [2.75, 3.05) is 13.2 Å². The lowest BCUT2D eigenvalue weighted by molar-refractivity contribution is 0.192. The minimum absolute atomic E-state index is 0.207. The van der Waals surface area contributed by atoms with Crippen molar-refractivity contribution in [3.05, 3.63) is 35.9 Å². The third kappa shape index (κ3) is 4.17. The highest BCUT2D eigenvalue weighted by molar-refractivity contribution is 7.54. The number of hydrogen-bond acceptors (Lipinski definition) is 3. The third-order valence-corrected chi connectivity index (χ3v) is 5.81. The van der Waals surface area contributed by atoms with E-state index in [1.807, 2.05) is 44.2 Å². The van der Waals surface area contributed by atoms with Crippen molar-refractivity contribution < 1.29 is 13.6 Å². The predicted molar refractivity (Wildman–Crippen MR) is 79.5 cm³/mol. The fraction of sp³-hybridized carbons (Fsp3) is 0.600. The van der Waals surface area contributed by atoms with Crippen LogP contribution in [0.2, 0.25) is 0 Å². The molecule has 1 unspecified atom stereocenters. The van der Waals surface area contributed by atoms with Gasteiger partial charge in [0.15, 0.2) is 0 Å². The molecule has 0 radical (unpaired) electrons. The van der Waals surface area contributed by atoms with E-state index in [4.69, 9.17) is 9.05 Å². The minimum Gasteiger partial charge on any atom is -0.308 e. The van der Waals surface area contributed by atoms with Crippen LogP contribution in [-0.4, -0.2) is 13.2 Å². The monoisotopic (exact) mass is 284 g/mol. The van der Waals surface area contributed by atoms with Gasteiger partial charge in [0.2, 0.25) is 0 Å². The maximum absolute atomic E-state index is 13.1. The first kappa shape index (κ1) is 16.4. The Bertz CT molecular complexity index is 413. The van der Waals surface area contributed by atoms with Crippen molar-refractivity contribution in [3.63, 3.8) is 0 Å². The molecule has 0 aromatic heterocycles. The van der Waals surface area contributed by atoms with E-state index in [0.29, 0.717) is 13.2 Å². The Kier molecular flexibility index (Phi) is 5.79. The van der Waals surface area contributed by atoms with Crippen molar-refractivity contribution in [2.45, 2.75) is 40.3 Å². The van der Waals surface area contributed by atoms with Gasteiger partial charge in [0.25, 0.3) is 0 Å². The first-order valence-electron chi connectivity index (χ1n) is 6.79. The molecule has 0 saturated heterocycles. The summed E-state index contributed by atoms with van der Waals surface area (Å²) in [5.74, 6) is 0. The van der Waals surface area contributed by atoms with E-state index in [2.05, 4.69) is 20.8 Å². The third-order valence-electron chi connectivity index (χ3n) is 2.87. The van der Waals surface area contributed by atoms with E-state index >= 15 is 0 Å². The summed E-state index contributed by atoms with van der Waals surface area (Å²) in [4.78, 5) is 0. The molecule has 0 N–H and O–H groups in total. The number of hydrogen-bond donors (Lipinski definition) is 0. The Hall–Kier alpha value is -0.630. The summed E-state index contributed by atoms with van der Waals surface area (Å²) in [5, 5.41) is 0. The van der Waals surface area contributed by atoms with Gasteiger partial charge in [-0.3, -0.25) is 4.57 Å². The molecule has 4 heteroatoms. The summed E-state index contributed by atoms with van der Waals surface area (Å²) in [7, 11) is -3.17. The van der Waals surface area contributed by atoms with Gasteiger partial charge in [-0.2, -0.15) is 0 Å². The largest absolute Gasteiger partial charge is 0.338 e. The zero-order valence-corrected chi connectivity index (χ0v) is 13.4. The molecule has 19 heavy (non-hydrogen) atoms. The zero-order valence-electron chi connectivity index (χ0n) is 12.6. The fourth-order valence-electron chi connectivity index (χ4n) is 2.34. The molecular formula is C15H25O3P. The second-order valence-electron chi connectivity index (χ2n) is 5.55. The van der Waals surface area contributed by atoms with Crippen LogP contribution in [0.3, 0.4) is 0 Å². The second-order valence-corrected chi connectivity index (χ2v) is 7.67. The quantitative estimate of drug-likeness (QED) is 0.686. The van der Waals surface area contributed by atoms with Crippen molar-refractivity contribution in [2.24, 2.45) is 5.41 Å². The first-order valence-corrected chi connectivity index (χ1v) is 8.40. The van der Waals surface area contributed by atoms with E-state index in [-0.39, 0.29) is 11.1 Å². The normalized spacial score (nSPS) is 14.4. The fourth-order valence-corrected chi connectivity index (χ4v) is 4.92. The Morgan fingerprint density at radius 2 is 1.53 bits per heavy atom. The van der Waals surface area contributed by atoms with E-state index < -0.39 is 7.60 Å². The average molecular weight is 284 g/mol. The second kappa shape index (κ2) is 6.69. The molecule has 0 fully saturated rings. The summed E-state index contributed by atoms with van der Waals surface area (Å²) in [5.41, 5.74) is 0.530. The minimum atomic E-state index is -3.17. The van der Waals surface area contributed by atoms with Gasteiger partial charge >= 0.3 is 7.60 Å². The van der Waals surface area contributed by atoms with Crippen molar-refractivity contribution >= 4 is 7.60 Å². The molecule has 0 heterocycles. The van der Waals surface area contributed by atoms with Crippen LogP contribution in [0.25, 0.3) is 0 Å². The smallest absolute Gasteiger partial charge is 0.308 e. The summed E-state index contributed by atoms with van der Waals surface area (Å²) in [6.07, 6.45) is 0. The molecule has 1 aromatic carbocycles. The van der Waals surface area contributed by atoms with E-state index in [0.717, 1.165) is 5.56 Å². The molecule has 0 aliphatic heterocycles. The van der Waals surface area contributed by atoms with Gasteiger partial charge in [0, 0.05) is 0 Å². The molecule has 0 bridgehead atoms. The van der Waals surface area contributed by atoms with Gasteiger partial charge in [-0.1, -0.05) is 51.1 Å². The van der Waals surface area contributed by atoms with Crippen LogP contribution in [0.15, 0.2) is 30.3 Å². The molecule has 0 amide bonds. The van der Waals surface area contributed by atoms with Crippen molar-refractivity contribution in [1.82, 2.24) is 0 Å². The molecule has 0 saturated carbocycles. The number of rotatable bonds is 6. The Balaban J connectivity index is 3.27. The SMILES string of the molecule is CCOP(=O)(OCC)C(c1ccccc1)C(C)(C)C. The maximum atomic E-state index is 13.1. The van der Waals surface area contributed by atoms with Crippen LogP contribution in [0.4, 0.5) is 0 Å². The van der Waals surface area contributed by atoms with E-state index in [9.17, 15) is 4.57 Å². The van der Waals surface area contributed by atoms with Crippen LogP contribution >= 0.6 is 7.60 Å². The van der Waals surface area contributed by atoms with Gasteiger partial charge in [-0.05, 0) is 24.8 Å². The Labute approximate surface area is 116 Å². The summed E-state index contributed by atoms with van der Waals surface area (Å²) < 4.78 is 24.2. The molecule has 0 spiro atoms. The Morgan fingerprint density at radius 3 is 1.89 bits per heavy atom. The lowest BCUT2D eigenvalue weighted by Crippen LogP contribution is -2.21. The molecule has 108 valence electrons. The topological polar surface area (TPSA) is 35.5 Å². The zero-order chi connectivity index (χ0) is 14.5. The van der Waals surface area contributed by atoms with E-state index in [1.165, 1.54) is 0 Å². The first-order chi connectivity index (χ1) is 8.85. The lowest BCUT2D eigenvalue weighted by atomic mass is 9.87. The standard InChI is InChI=1S/C15H25O3P/c1-6-17-19(16,18-7-2)14(15(3,4)5)13-11-9-8-10-12-13/h8-12,14H,6-7H2,1-5H3. The summed E-state index contributed by atoms with van der Waals surface area (Å²) in [6, 6.07) is 9.84. The van der Waals surface area contributed by atoms with Gasteiger partial charge in [0.1, 0.15) is 0 Å². The summed E-state index contributed by atoms with van der Waals surface area (Å²) >= 11 is 0. The van der Waals surface area contributed by atoms with Crippen LogP contribution in [0, 0.1) is 5.41 Å². The van der Waals surface area contributed by atoms with Crippen LogP contribution in [0.1, 0.15) is 45.8 Å². The predicted octanol–water partition coefficient (Wildman–Crippen LogP) is 5.04. The number of benzene rings is 1. The molecule has 0 aliphatic rings. The highest BCUT2D eigenvalue weighted by Gasteiger charge is 2.44. The molecule has 3 nitrogen and oxygen atoms in total. The van der Waals surface area contributed by atoms with Gasteiger partial charge < -0.3 is 9.05 Å². The summed E-state index contributed by atoms with van der Waals surface area (Å²) in [6.45, 7) is 10.7. The molecular weight excluding hydrogens is 259 g/mol. The van der Waals surface area contributed by atoms with Crippen LogP contribution in [0.5, 0.6) is 0 Å². The van der Waals surface area contributed by atoms with Crippen molar-refractivity contribution in [3.8, 4) is 0 Å². The van der Waals surface area contributed by atoms with E-state index in [1.54, 1.807) is 0 Å². The van der Waals surface area contributed by atoms with Gasteiger partial charge in [0.05, 0.1) is 18.9 Å². The lowest BCUT2D eigenvalue weighted by Gasteiger charge is -2.35. The van der Waals surface area contributed by atoms with Crippen molar-refractivity contribution in [1.29, 1.82) is 0 Å². The highest BCUT2D eigenvalue weighted by atomic mass is 31.2. The van der Waals surface area contributed by atoms with Gasteiger partial charge in [-0.25, -0.2) is 0 Å². The highest BCUT2D eigenvalue weighted by Crippen LogP contribution is 2.66. The molecule has 1 rings (SSSR count). The van der Waals surface area contributed by atoms with Crippen LogP contribution < -0.4 is 0 Å². The Morgan fingerprint density at radius 1 is 1.05 bits per heavy atom. The molecule has 1 aromatic rings. The molecule has 0 aliphatic carbocycles. The molecule has 1 atom stereocenters. The van der Waals surface area contributed by atoms with Gasteiger partial charge in [-0.15, -0.1) is 0 Å². The maximum Gasteiger partial charge on any atom is 0.338 e. The van der Waals surface area contributed by atoms with Crippen LogP contribution in [-0.2, 0) is 13.6 Å². The average Bonchev–Trinajstić information content (AvgIpc) is 2.28.